The summed E-state index contributed by atoms with van der Waals surface area (Å²) in [7, 11) is -2.84. The second-order valence-electron chi connectivity index (χ2n) is 3.09. The lowest BCUT2D eigenvalue weighted by atomic mass is 10.3. The van der Waals surface area contributed by atoms with Gasteiger partial charge in [-0.15, -0.1) is 0 Å². The summed E-state index contributed by atoms with van der Waals surface area (Å²) < 4.78 is 14.6. The van der Waals surface area contributed by atoms with Gasteiger partial charge in [-0.1, -0.05) is 18.2 Å². The topological polar surface area (TPSA) is 163 Å². The van der Waals surface area contributed by atoms with Crippen LogP contribution in [0.3, 0.4) is 0 Å². The molecule has 0 amide bonds. The SMILES string of the molecule is Nc1nc(N)nc(N)n1.O=[PH](O)Oc1ccccc1. The summed E-state index contributed by atoms with van der Waals surface area (Å²) in [6.45, 7) is 0. The second-order valence-corrected chi connectivity index (χ2v) is 3.83. The lowest BCUT2D eigenvalue weighted by molar-refractivity contribution is 0.410. The molecule has 0 aliphatic carbocycles. The Labute approximate surface area is 109 Å². The van der Waals surface area contributed by atoms with Gasteiger partial charge in [0.2, 0.25) is 17.8 Å². The van der Waals surface area contributed by atoms with Crippen molar-refractivity contribution in [3.05, 3.63) is 30.3 Å². The molecular weight excluding hydrogens is 271 g/mol. The van der Waals surface area contributed by atoms with Gasteiger partial charge >= 0.3 is 8.25 Å². The number of nitrogens with zero attached hydrogens (tertiary/aromatic N) is 3. The van der Waals surface area contributed by atoms with E-state index in [0.29, 0.717) is 5.75 Å². The van der Waals surface area contributed by atoms with Crippen LogP contribution in [0.1, 0.15) is 0 Å². The Morgan fingerprint density at radius 2 is 1.37 bits per heavy atom. The Hall–Kier alpha value is -2.38. The number of nitrogen functional groups attached to an aromatic ring is 3. The summed E-state index contributed by atoms with van der Waals surface area (Å²) in [5.41, 5.74) is 15.4. The van der Waals surface area contributed by atoms with Gasteiger partial charge in [0.25, 0.3) is 0 Å². The van der Waals surface area contributed by atoms with Crippen molar-refractivity contribution in [2.75, 3.05) is 17.2 Å². The van der Waals surface area contributed by atoms with E-state index in [1.54, 1.807) is 30.3 Å². The number of hydrogen-bond donors (Lipinski definition) is 4. The molecule has 1 aromatic carbocycles. The van der Waals surface area contributed by atoms with Crippen LogP contribution in [0.4, 0.5) is 17.8 Å². The van der Waals surface area contributed by atoms with Gasteiger partial charge in [0.1, 0.15) is 5.75 Å². The van der Waals surface area contributed by atoms with E-state index in [4.69, 9.17) is 22.1 Å². The first-order chi connectivity index (χ1) is 8.97. The Balaban J connectivity index is 0.000000191. The van der Waals surface area contributed by atoms with E-state index in [-0.39, 0.29) is 17.8 Å². The van der Waals surface area contributed by atoms with E-state index in [9.17, 15) is 4.57 Å². The van der Waals surface area contributed by atoms with E-state index in [1.807, 2.05) is 0 Å². The van der Waals surface area contributed by atoms with Gasteiger partial charge < -0.3 is 26.6 Å². The monoisotopic (exact) mass is 284 g/mol. The van der Waals surface area contributed by atoms with Gasteiger partial charge in [0.15, 0.2) is 0 Å². The molecule has 7 N–H and O–H groups in total. The molecule has 19 heavy (non-hydrogen) atoms. The van der Waals surface area contributed by atoms with Gasteiger partial charge in [-0.05, 0) is 12.1 Å². The first-order valence-electron chi connectivity index (χ1n) is 4.95. The number of benzene rings is 1. The minimum atomic E-state index is -2.84. The zero-order chi connectivity index (χ0) is 14.3. The van der Waals surface area contributed by atoms with Crippen molar-refractivity contribution in [2.45, 2.75) is 0 Å². The van der Waals surface area contributed by atoms with Crippen LogP contribution in [0, 0.1) is 0 Å². The number of anilines is 3. The summed E-state index contributed by atoms with van der Waals surface area (Å²) in [5, 5.41) is 0. The van der Waals surface area contributed by atoms with Crippen LogP contribution >= 0.6 is 8.25 Å². The summed E-state index contributed by atoms with van der Waals surface area (Å²) in [6.07, 6.45) is 0. The maximum absolute atomic E-state index is 10.1. The van der Waals surface area contributed by atoms with E-state index in [2.05, 4.69) is 19.5 Å². The Morgan fingerprint density at radius 1 is 0.947 bits per heavy atom. The van der Waals surface area contributed by atoms with E-state index < -0.39 is 8.25 Å². The van der Waals surface area contributed by atoms with E-state index in [0.717, 1.165) is 0 Å². The third kappa shape index (κ3) is 6.20. The zero-order valence-corrected chi connectivity index (χ0v) is 10.7. The van der Waals surface area contributed by atoms with Gasteiger partial charge in [0, 0.05) is 0 Å². The third-order valence-corrected chi connectivity index (χ3v) is 2.05. The van der Waals surface area contributed by atoms with Crippen molar-refractivity contribution in [1.29, 1.82) is 0 Å². The molecule has 0 fully saturated rings. The molecule has 0 bridgehead atoms. The van der Waals surface area contributed by atoms with Crippen LogP contribution < -0.4 is 21.7 Å². The zero-order valence-electron chi connectivity index (χ0n) is 9.72. The number of aromatic nitrogens is 3. The molecule has 1 atom stereocenters. The van der Waals surface area contributed by atoms with Crippen LogP contribution in [0.15, 0.2) is 30.3 Å². The molecule has 0 saturated carbocycles. The fourth-order valence-corrected chi connectivity index (χ4v) is 1.35. The fourth-order valence-electron chi connectivity index (χ4n) is 1.02. The molecule has 1 unspecified atom stereocenters. The first kappa shape index (κ1) is 14.7. The van der Waals surface area contributed by atoms with Crippen molar-refractivity contribution >= 4 is 26.1 Å². The quantitative estimate of drug-likeness (QED) is 0.558. The van der Waals surface area contributed by atoms with Crippen LogP contribution in [-0.4, -0.2) is 19.8 Å². The van der Waals surface area contributed by atoms with Gasteiger partial charge in [-0.25, -0.2) is 4.57 Å². The first-order valence-corrected chi connectivity index (χ1v) is 6.22. The molecule has 102 valence electrons. The molecule has 1 heterocycles. The standard InChI is InChI=1S/C6H7O3P.C3H6N6/c7-10(8)9-6-4-2-1-3-5-6;4-1-7-2(5)9-3(6)8-1/h1-5,10H,(H,7,8);(H6,4,5,6,7,8,9). The summed E-state index contributed by atoms with van der Waals surface area (Å²) in [6, 6.07) is 8.53. The normalized spacial score (nSPS) is 11.0. The van der Waals surface area contributed by atoms with Crippen molar-refractivity contribution in [3.8, 4) is 5.75 Å². The maximum Gasteiger partial charge on any atom is 0.365 e. The average molecular weight is 284 g/mol. The van der Waals surface area contributed by atoms with Crippen molar-refractivity contribution < 1.29 is 14.0 Å². The molecule has 9 nitrogen and oxygen atoms in total. The number of hydrogen-bond acceptors (Lipinski definition) is 8. The van der Waals surface area contributed by atoms with Crippen molar-refractivity contribution in [1.82, 2.24) is 15.0 Å². The van der Waals surface area contributed by atoms with Gasteiger partial charge in [-0.3, -0.25) is 0 Å². The Morgan fingerprint density at radius 3 is 1.74 bits per heavy atom. The number of rotatable bonds is 2. The minimum absolute atomic E-state index is 0.0417. The molecule has 1 aromatic heterocycles. The highest BCUT2D eigenvalue weighted by molar-refractivity contribution is 7.32. The minimum Gasteiger partial charge on any atom is -0.426 e. The highest BCUT2D eigenvalue weighted by Gasteiger charge is 1.94. The fraction of sp³-hybridized carbons (Fsp3) is 0. The molecule has 0 spiro atoms. The molecule has 10 heteroatoms. The summed E-state index contributed by atoms with van der Waals surface area (Å²) >= 11 is 0. The van der Waals surface area contributed by atoms with Crippen LogP contribution in [0.2, 0.25) is 0 Å². The molecule has 0 aliphatic heterocycles. The largest absolute Gasteiger partial charge is 0.426 e. The van der Waals surface area contributed by atoms with Gasteiger partial charge in [0.05, 0.1) is 0 Å². The summed E-state index contributed by atoms with van der Waals surface area (Å²) in [5.74, 6) is 0.550. The predicted octanol–water partition coefficient (Wildman–Crippen LogP) is 0.0656. The maximum atomic E-state index is 10.1. The van der Waals surface area contributed by atoms with Crippen LogP contribution in [-0.2, 0) is 4.57 Å². The third-order valence-electron chi connectivity index (χ3n) is 1.64. The predicted molar refractivity (Wildman–Crippen MR) is 71.4 cm³/mol. The van der Waals surface area contributed by atoms with Crippen LogP contribution in [0.25, 0.3) is 0 Å². The van der Waals surface area contributed by atoms with E-state index >= 15 is 0 Å². The lowest BCUT2D eigenvalue weighted by Gasteiger charge is -1.98. The molecule has 0 saturated heterocycles. The smallest absolute Gasteiger partial charge is 0.365 e. The molecule has 2 rings (SSSR count). The molecular formula is C9H13N6O3P. The van der Waals surface area contributed by atoms with Crippen molar-refractivity contribution in [3.63, 3.8) is 0 Å². The highest BCUT2D eigenvalue weighted by atomic mass is 31.1. The van der Waals surface area contributed by atoms with Gasteiger partial charge in [-0.2, -0.15) is 15.0 Å². The summed E-state index contributed by atoms with van der Waals surface area (Å²) in [4.78, 5) is 18.8. The van der Waals surface area contributed by atoms with Crippen LogP contribution in [0.5, 0.6) is 5.75 Å². The molecule has 0 radical (unpaired) electrons. The Kier molecular flexibility index (Phi) is 5.52. The Bertz CT molecular complexity index is 502. The van der Waals surface area contributed by atoms with Crippen molar-refractivity contribution in [2.24, 2.45) is 0 Å². The molecule has 2 aromatic rings. The number of para-hydroxylation sites is 1. The molecule has 0 aliphatic rings. The average Bonchev–Trinajstić information content (AvgIpc) is 2.28. The second kappa shape index (κ2) is 7.14. The lowest BCUT2D eigenvalue weighted by Crippen LogP contribution is -2.05. The van der Waals surface area contributed by atoms with E-state index in [1.165, 1.54) is 0 Å². The highest BCUT2D eigenvalue weighted by Crippen LogP contribution is 2.21. The number of nitrogens with two attached hydrogens (primary N) is 3.